The molecule has 48 heavy (non-hydrogen) atoms. The van der Waals surface area contributed by atoms with Gasteiger partial charge in [0.05, 0.1) is 13.7 Å². The zero-order valence-electron chi connectivity index (χ0n) is 28.0. The number of nitrogens with one attached hydrogen (secondary N) is 3. The zero-order valence-corrected chi connectivity index (χ0v) is 29.7. The third-order valence-electron chi connectivity index (χ3n) is 6.65. The Morgan fingerprint density at radius 2 is 1.69 bits per heavy atom. The molecule has 13 nitrogen and oxygen atoms in total. The number of hydrogen-bond donors (Lipinski definition) is 4. The number of nitrogens with zero attached hydrogens (tertiary/aromatic N) is 2. The summed E-state index contributed by atoms with van der Waals surface area (Å²) in [6, 6.07) is 1.50. The predicted octanol–water partition coefficient (Wildman–Crippen LogP) is 4.93. The molecular formula is C33H51N6O7PS. The first-order valence-electron chi connectivity index (χ1n) is 16.2. The molecular weight excluding hydrogens is 655 g/mol. The third kappa shape index (κ3) is 18.3. The molecule has 3 atom stereocenters. The molecule has 15 heteroatoms. The van der Waals surface area contributed by atoms with Crippen LogP contribution in [-0.4, -0.2) is 66.0 Å². The number of thioether (sulfide) groups is 1. The standard InChI is InChI=1S/C33H51N6O7PS/c1-3-4-5-6-7-8-9-10-11-12-13-14-15-16-17-18-19-20-29(40)35-22-23-36-47(43,37-25-31(41)44-2)45-26-32-46-30(27-48-32)39-24-21-28(34)38-33(39)42/h4-5,7-8,10-11,13-14,16-17,21,24,30,32H,3,6,9,12,15,18-20,22-23,25-27H2,1-2H3,(H,35,40)(H2,34,38,42)(H2,36,37,43)/t30-,32+,47?/m0/s1. The molecule has 1 unspecified atom stereocenters. The van der Waals surface area contributed by atoms with E-state index in [0.717, 1.165) is 38.5 Å². The third-order valence-corrected chi connectivity index (χ3v) is 9.47. The maximum Gasteiger partial charge on any atom is 0.351 e. The number of anilines is 1. The van der Waals surface area contributed by atoms with Crippen molar-refractivity contribution in [2.45, 2.75) is 70.0 Å². The first-order chi connectivity index (χ1) is 23.3. The Hall–Kier alpha value is -3.26. The first-order valence-corrected chi connectivity index (χ1v) is 18.9. The van der Waals surface area contributed by atoms with E-state index in [1.165, 1.54) is 35.7 Å². The average molecular weight is 707 g/mol. The normalized spacial score (nSPS) is 18.1. The van der Waals surface area contributed by atoms with Crippen LogP contribution in [0.1, 0.15) is 64.5 Å². The predicted molar refractivity (Wildman–Crippen MR) is 192 cm³/mol. The molecule has 1 fully saturated rings. The van der Waals surface area contributed by atoms with Crippen molar-refractivity contribution in [3.63, 3.8) is 0 Å². The second-order valence-corrected chi connectivity index (χ2v) is 13.7. The SMILES string of the molecule is CCC=CCC=CCC=CCC=CCC=CCCCC(=O)NCCNP(=O)(NCC(=O)OC)OC[C@@H]1O[C@H](n2ccc(N)nc2=O)CS1. The van der Waals surface area contributed by atoms with Crippen molar-refractivity contribution in [3.8, 4) is 0 Å². The van der Waals surface area contributed by atoms with Gasteiger partial charge in [-0.2, -0.15) is 4.98 Å². The number of nitrogens with two attached hydrogens (primary N) is 1. The summed E-state index contributed by atoms with van der Waals surface area (Å²) in [6.07, 6.45) is 29.1. The van der Waals surface area contributed by atoms with E-state index in [4.69, 9.17) is 15.0 Å². The Morgan fingerprint density at radius 3 is 2.31 bits per heavy atom. The van der Waals surface area contributed by atoms with Gasteiger partial charge in [-0.25, -0.2) is 15.0 Å². The molecule has 2 rings (SSSR count). The summed E-state index contributed by atoms with van der Waals surface area (Å²) in [5, 5.41) is 8.14. The Bertz CT molecular complexity index is 1360. The van der Waals surface area contributed by atoms with Crippen molar-refractivity contribution >= 4 is 37.1 Å². The minimum absolute atomic E-state index is 0.0983. The van der Waals surface area contributed by atoms with Gasteiger partial charge in [0, 0.05) is 31.5 Å². The quantitative estimate of drug-likeness (QED) is 0.0495. The van der Waals surface area contributed by atoms with Crippen LogP contribution in [0.5, 0.6) is 0 Å². The lowest BCUT2D eigenvalue weighted by molar-refractivity contribution is -0.139. The second kappa shape index (κ2) is 24.8. The van der Waals surface area contributed by atoms with Gasteiger partial charge >= 0.3 is 19.3 Å². The number of ether oxygens (including phenoxy) is 2. The topological polar surface area (TPSA) is 176 Å². The largest absolute Gasteiger partial charge is 0.468 e. The molecule has 2 heterocycles. The summed E-state index contributed by atoms with van der Waals surface area (Å²) >= 11 is 1.38. The summed E-state index contributed by atoms with van der Waals surface area (Å²) in [5.41, 5.74) is 4.48. The van der Waals surface area contributed by atoms with Crippen molar-refractivity contribution in [1.82, 2.24) is 25.0 Å². The number of carbonyl (C=O) groups excluding carboxylic acids is 2. The van der Waals surface area contributed by atoms with Crippen LogP contribution in [0.2, 0.25) is 0 Å². The molecule has 266 valence electrons. The van der Waals surface area contributed by atoms with Crippen molar-refractivity contribution in [3.05, 3.63) is 83.5 Å². The molecule has 0 radical (unpaired) electrons. The van der Waals surface area contributed by atoms with Gasteiger partial charge in [0.1, 0.15) is 24.0 Å². The molecule has 1 saturated heterocycles. The lowest BCUT2D eigenvalue weighted by atomic mass is 10.2. The van der Waals surface area contributed by atoms with E-state index < -0.39 is 31.0 Å². The molecule has 0 bridgehead atoms. The molecule has 0 aromatic carbocycles. The molecule has 1 aliphatic heterocycles. The average Bonchev–Trinajstić information content (AvgIpc) is 3.55. The van der Waals surface area contributed by atoms with Gasteiger partial charge in [0.25, 0.3) is 0 Å². The Kier molecular flexibility index (Phi) is 21.2. The van der Waals surface area contributed by atoms with Gasteiger partial charge in [0.2, 0.25) is 5.91 Å². The Balaban J connectivity index is 1.62. The number of unbranched alkanes of at least 4 members (excludes halogenated alkanes) is 1. The van der Waals surface area contributed by atoms with Gasteiger partial charge in [-0.3, -0.25) is 18.7 Å². The van der Waals surface area contributed by atoms with E-state index in [9.17, 15) is 18.9 Å². The van der Waals surface area contributed by atoms with Gasteiger partial charge in [0.15, 0.2) is 0 Å². The highest BCUT2D eigenvalue weighted by Crippen LogP contribution is 2.40. The van der Waals surface area contributed by atoms with Crippen LogP contribution in [0.25, 0.3) is 0 Å². The van der Waals surface area contributed by atoms with Gasteiger partial charge < -0.3 is 25.0 Å². The summed E-state index contributed by atoms with van der Waals surface area (Å²) in [4.78, 5) is 39.7. The van der Waals surface area contributed by atoms with Crippen LogP contribution in [-0.2, 0) is 28.2 Å². The molecule has 1 aliphatic rings. The van der Waals surface area contributed by atoms with E-state index in [2.05, 4.69) is 92.9 Å². The first kappa shape index (κ1) is 40.9. The van der Waals surface area contributed by atoms with E-state index in [1.807, 2.05) is 0 Å². The van der Waals surface area contributed by atoms with Crippen LogP contribution in [0.15, 0.2) is 77.8 Å². The van der Waals surface area contributed by atoms with Gasteiger partial charge in [-0.05, 0) is 51.0 Å². The summed E-state index contributed by atoms with van der Waals surface area (Å²) in [5.74, 6) is -0.178. The number of allylic oxidation sites excluding steroid dienone is 10. The maximum absolute atomic E-state index is 13.4. The van der Waals surface area contributed by atoms with Gasteiger partial charge in [-0.1, -0.05) is 67.7 Å². The molecule has 1 aromatic rings. The summed E-state index contributed by atoms with van der Waals surface area (Å²) in [7, 11) is -2.51. The molecule has 0 spiro atoms. The van der Waals surface area contributed by atoms with E-state index in [0.29, 0.717) is 18.6 Å². The number of hydrogen-bond acceptors (Lipinski definition) is 10. The number of amides is 1. The fraction of sp³-hybridized carbons (Fsp3) is 0.515. The number of aromatic nitrogens is 2. The van der Waals surface area contributed by atoms with E-state index >= 15 is 0 Å². The maximum atomic E-state index is 13.4. The van der Waals surface area contributed by atoms with Crippen LogP contribution in [0.4, 0.5) is 5.82 Å². The molecule has 0 aliphatic carbocycles. The van der Waals surface area contributed by atoms with Gasteiger partial charge in [-0.15, -0.1) is 11.8 Å². The molecule has 1 amide bonds. The minimum Gasteiger partial charge on any atom is -0.468 e. The van der Waals surface area contributed by atoms with Crippen LogP contribution in [0, 0.1) is 0 Å². The van der Waals surface area contributed by atoms with Crippen LogP contribution >= 0.6 is 19.4 Å². The van der Waals surface area contributed by atoms with Crippen molar-refractivity contribution in [1.29, 1.82) is 0 Å². The summed E-state index contributed by atoms with van der Waals surface area (Å²) in [6.45, 7) is 2.02. The Labute approximate surface area is 288 Å². The number of methoxy groups -OCH3 is 1. The fourth-order valence-electron chi connectivity index (χ4n) is 4.12. The van der Waals surface area contributed by atoms with Crippen molar-refractivity contribution < 1.29 is 28.2 Å². The highest BCUT2D eigenvalue weighted by molar-refractivity contribution is 8.00. The number of nitrogen functional groups attached to an aromatic ring is 1. The number of carbonyl (C=O) groups is 2. The van der Waals surface area contributed by atoms with Crippen LogP contribution < -0.4 is 26.9 Å². The summed E-state index contributed by atoms with van der Waals surface area (Å²) < 4.78 is 30.8. The Morgan fingerprint density at radius 1 is 1.04 bits per heavy atom. The van der Waals surface area contributed by atoms with Crippen molar-refractivity contribution in [2.24, 2.45) is 0 Å². The highest BCUT2D eigenvalue weighted by atomic mass is 32.2. The number of esters is 1. The fourth-order valence-corrected chi connectivity index (χ4v) is 6.59. The van der Waals surface area contributed by atoms with Crippen molar-refractivity contribution in [2.75, 3.05) is 44.8 Å². The molecule has 0 saturated carbocycles. The number of rotatable bonds is 24. The zero-order chi connectivity index (χ0) is 34.9. The van der Waals surface area contributed by atoms with Crippen LogP contribution in [0.3, 0.4) is 0 Å². The lowest BCUT2D eigenvalue weighted by Crippen LogP contribution is -2.35. The van der Waals surface area contributed by atoms with E-state index in [-0.39, 0.29) is 38.0 Å². The lowest BCUT2D eigenvalue weighted by Gasteiger charge is -2.22. The smallest absolute Gasteiger partial charge is 0.351 e. The molecule has 5 N–H and O–H groups in total. The molecule has 1 aromatic heterocycles. The minimum atomic E-state index is -3.73. The van der Waals surface area contributed by atoms with E-state index in [1.54, 1.807) is 0 Å². The monoisotopic (exact) mass is 706 g/mol. The second-order valence-electron chi connectivity index (χ2n) is 10.5. The highest BCUT2D eigenvalue weighted by Gasteiger charge is 2.32.